The predicted molar refractivity (Wildman–Crippen MR) is 104 cm³/mol. The monoisotopic (exact) mass is 398 g/mol. The Morgan fingerprint density at radius 3 is 2.68 bits per heavy atom. The van der Waals surface area contributed by atoms with Crippen molar-refractivity contribution in [2.24, 2.45) is 7.05 Å². The van der Waals surface area contributed by atoms with Crippen molar-refractivity contribution in [3.8, 4) is 0 Å². The highest BCUT2D eigenvalue weighted by atomic mass is 32.2. The number of sulfonamides is 1. The topological polar surface area (TPSA) is 85.4 Å². The Kier molecular flexibility index (Phi) is 3.92. The first-order valence-electron chi connectivity index (χ1n) is 9.46. The van der Waals surface area contributed by atoms with Crippen LogP contribution in [0.1, 0.15) is 42.0 Å². The van der Waals surface area contributed by atoms with Gasteiger partial charge in [0.15, 0.2) is 5.65 Å². The summed E-state index contributed by atoms with van der Waals surface area (Å²) in [5, 5.41) is 8.35. The molecule has 2 aliphatic rings. The molecule has 1 aliphatic carbocycles. The van der Waals surface area contributed by atoms with Crippen molar-refractivity contribution >= 4 is 21.2 Å². The van der Waals surface area contributed by atoms with Crippen LogP contribution in [0, 0.1) is 6.92 Å². The van der Waals surface area contributed by atoms with Gasteiger partial charge in [0.1, 0.15) is 11.2 Å². The molecule has 0 bridgehead atoms. The molecule has 0 amide bonds. The molecule has 3 aromatic heterocycles. The van der Waals surface area contributed by atoms with Gasteiger partial charge in [-0.1, -0.05) is 6.08 Å². The molecule has 0 saturated heterocycles. The molecule has 0 N–H and O–H groups in total. The van der Waals surface area contributed by atoms with Crippen molar-refractivity contribution in [2.45, 2.75) is 37.0 Å². The zero-order chi connectivity index (χ0) is 19.5. The molecular weight excluding hydrogens is 376 g/mol. The Balaban J connectivity index is 1.47. The number of hydrogen-bond acceptors (Lipinski definition) is 5. The van der Waals surface area contributed by atoms with Gasteiger partial charge >= 0.3 is 0 Å². The fraction of sp³-hybridized carbons (Fsp3) is 0.421. The second-order valence-electron chi connectivity index (χ2n) is 7.54. The molecule has 1 fully saturated rings. The van der Waals surface area contributed by atoms with Crippen LogP contribution in [0.3, 0.4) is 0 Å². The van der Waals surface area contributed by atoms with Crippen molar-refractivity contribution in [3.63, 3.8) is 0 Å². The minimum atomic E-state index is -3.54. The lowest BCUT2D eigenvalue weighted by Gasteiger charge is -2.26. The Morgan fingerprint density at radius 2 is 2.04 bits per heavy atom. The van der Waals surface area contributed by atoms with Gasteiger partial charge in [0, 0.05) is 26.3 Å². The Morgan fingerprint density at radius 1 is 1.21 bits per heavy atom. The summed E-state index contributed by atoms with van der Waals surface area (Å²) in [6, 6.07) is 2.13. The van der Waals surface area contributed by atoms with Gasteiger partial charge in [-0.05, 0) is 54.9 Å². The number of hydrogen-bond donors (Lipinski definition) is 0. The number of fused-ring (bicyclic) bond motifs is 1. The molecule has 28 heavy (non-hydrogen) atoms. The second-order valence-corrected chi connectivity index (χ2v) is 9.45. The minimum Gasteiger partial charge on any atom is -0.272 e. The maximum Gasteiger partial charge on any atom is 0.246 e. The molecule has 0 atom stereocenters. The summed E-state index contributed by atoms with van der Waals surface area (Å²) in [5.74, 6) is 0.581. The quantitative estimate of drug-likeness (QED) is 0.672. The van der Waals surface area contributed by atoms with E-state index in [4.69, 9.17) is 0 Å². The molecule has 0 radical (unpaired) electrons. The van der Waals surface area contributed by atoms with E-state index in [2.05, 4.69) is 21.2 Å². The molecule has 146 valence electrons. The number of pyridine rings is 1. The zero-order valence-corrected chi connectivity index (χ0v) is 16.7. The van der Waals surface area contributed by atoms with E-state index in [0.717, 1.165) is 5.65 Å². The van der Waals surface area contributed by atoms with Gasteiger partial charge in [0.25, 0.3) is 0 Å². The van der Waals surface area contributed by atoms with Crippen LogP contribution in [0.25, 0.3) is 11.2 Å². The first-order valence-corrected chi connectivity index (χ1v) is 10.9. The highest BCUT2D eigenvalue weighted by Gasteiger charge is 2.32. The van der Waals surface area contributed by atoms with Crippen molar-refractivity contribution < 1.29 is 8.42 Å². The maximum atomic E-state index is 13.0. The van der Waals surface area contributed by atoms with Crippen LogP contribution in [-0.4, -0.2) is 50.2 Å². The van der Waals surface area contributed by atoms with Crippen LogP contribution in [0.4, 0.5) is 0 Å². The highest BCUT2D eigenvalue weighted by Crippen LogP contribution is 2.44. The molecule has 3 aromatic rings. The van der Waals surface area contributed by atoms with E-state index >= 15 is 0 Å². The van der Waals surface area contributed by atoms with Gasteiger partial charge in [-0.25, -0.2) is 17.9 Å². The van der Waals surface area contributed by atoms with Gasteiger partial charge in [-0.3, -0.25) is 4.68 Å². The van der Waals surface area contributed by atoms with Crippen molar-refractivity contribution in [1.82, 2.24) is 28.7 Å². The Bertz CT molecular complexity index is 1200. The molecule has 1 aliphatic heterocycles. The lowest BCUT2D eigenvalue weighted by Crippen LogP contribution is -2.35. The SMILES string of the molecule is Cc1c(S(=O)(=O)N2CC=C(c3cn4ncnc4cc3C3CC3)CC2)cnn1C. The lowest BCUT2D eigenvalue weighted by atomic mass is 9.95. The van der Waals surface area contributed by atoms with E-state index < -0.39 is 10.0 Å². The zero-order valence-electron chi connectivity index (χ0n) is 15.9. The fourth-order valence-electron chi connectivity index (χ4n) is 3.86. The number of rotatable bonds is 4. The molecule has 1 saturated carbocycles. The third-order valence-corrected chi connectivity index (χ3v) is 7.76. The van der Waals surface area contributed by atoms with E-state index in [0.29, 0.717) is 31.1 Å². The Labute approximate surface area is 163 Å². The van der Waals surface area contributed by atoms with E-state index in [9.17, 15) is 8.42 Å². The van der Waals surface area contributed by atoms with Crippen LogP contribution in [0.15, 0.2) is 35.8 Å². The molecular formula is C19H22N6O2S. The van der Waals surface area contributed by atoms with E-state index in [1.54, 1.807) is 29.5 Å². The van der Waals surface area contributed by atoms with Gasteiger partial charge in [-0.2, -0.15) is 14.5 Å². The van der Waals surface area contributed by atoms with Crippen LogP contribution >= 0.6 is 0 Å². The summed E-state index contributed by atoms with van der Waals surface area (Å²) in [5.41, 5.74) is 5.19. The lowest BCUT2D eigenvalue weighted by molar-refractivity contribution is 0.440. The van der Waals surface area contributed by atoms with Crippen LogP contribution in [0.5, 0.6) is 0 Å². The molecule has 0 spiro atoms. The highest BCUT2D eigenvalue weighted by molar-refractivity contribution is 7.89. The van der Waals surface area contributed by atoms with E-state index in [1.807, 2.05) is 12.3 Å². The molecule has 0 unspecified atom stereocenters. The summed E-state index contributed by atoms with van der Waals surface area (Å²) >= 11 is 0. The van der Waals surface area contributed by atoms with Gasteiger partial charge in [0.2, 0.25) is 10.0 Å². The number of aryl methyl sites for hydroxylation is 1. The minimum absolute atomic E-state index is 0.287. The van der Waals surface area contributed by atoms with Gasteiger partial charge in [-0.15, -0.1) is 0 Å². The average molecular weight is 398 g/mol. The maximum absolute atomic E-state index is 13.0. The molecule has 8 nitrogen and oxygen atoms in total. The van der Waals surface area contributed by atoms with Gasteiger partial charge in [0.05, 0.1) is 11.9 Å². The third-order valence-electron chi connectivity index (χ3n) is 5.79. The van der Waals surface area contributed by atoms with Crippen LogP contribution in [0.2, 0.25) is 0 Å². The van der Waals surface area contributed by atoms with Crippen molar-refractivity contribution in [3.05, 3.63) is 47.7 Å². The summed E-state index contributed by atoms with van der Waals surface area (Å²) < 4.78 is 30.9. The average Bonchev–Trinajstić information content (AvgIpc) is 3.34. The van der Waals surface area contributed by atoms with Crippen molar-refractivity contribution in [2.75, 3.05) is 13.1 Å². The van der Waals surface area contributed by atoms with E-state index in [1.165, 1.54) is 40.0 Å². The Hall–Kier alpha value is -2.52. The molecule has 0 aromatic carbocycles. The van der Waals surface area contributed by atoms with Gasteiger partial charge < -0.3 is 0 Å². The first-order chi connectivity index (χ1) is 13.4. The van der Waals surface area contributed by atoms with E-state index in [-0.39, 0.29) is 4.90 Å². The number of aromatic nitrogens is 5. The second kappa shape index (κ2) is 6.25. The molecule has 9 heteroatoms. The largest absolute Gasteiger partial charge is 0.272 e. The standard InChI is InChI=1S/C19H22N6O2S/c1-13-18(10-21-23(13)2)28(26,27)24-7-5-15(6-8-24)17-11-25-19(20-12-22-25)9-16(17)14-3-4-14/h5,9-12,14H,3-4,6-8H2,1-2H3. The summed E-state index contributed by atoms with van der Waals surface area (Å²) in [6.45, 7) is 2.61. The smallest absolute Gasteiger partial charge is 0.246 e. The first kappa shape index (κ1) is 17.6. The normalized spacial score (nSPS) is 18.6. The van der Waals surface area contributed by atoms with Crippen LogP contribution < -0.4 is 0 Å². The summed E-state index contributed by atoms with van der Waals surface area (Å²) in [6.07, 6.45) is 10.2. The molecule has 4 heterocycles. The van der Waals surface area contributed by atoms with Crippen molar-refractivity contribution in [1.29, 1.82) is 0 Å². The number of nitrogens with zero attached hydrogens (tertiary/aromatic N) is 6. The van der Waals surface area contributed by atoms with Crippen LogP contribution in [-0.2, 0) is 17.1 Å². The summed E-state index contributed by atoms with van der Waals surface area (Å²) in [4.78, 5) is 4.59. The fourth-order valence-corrected chi connectivity index (χ4v) is 5.43. The summed E-state index contributed by atoms with van der Waals surface area (Å²) in [7, 11) is -1.79. The molecule has 5 rings (SSSR count). The third kappa shape index (κ3) is 2.77. The predicted octanol–water partition coefficient (Wildman–Crippen LogP) is 2.13.